The lowest BCUT2D eigenvalue weighted by Crippen LogP contribution is -2.26. The molecule has 3 aromatic rings. The minimum atomic E-state index is -3.36. The summed E-state index contributed by atoms with van der Waals surface area (Å²) in [5.74, 6) is 0.541. The lowest BCUT2D eigenvalue weighted by molar-refractivity contribution is 0.0678. The minimum Gasteiger partial charge on any atom is -0.497 e. The molecule has 1 aromatic heterocycles. The summed E-state index contributed by atoms with van der Waals surface area (Å²) in [7, 11) is -1.76. The van der Waals surface area contributed by atoms with Crippen molar-refractivity contribution in [1.29, 1.82) is 0 Å². The lowest BCUT2D eigenvalue weighted by atomic mass is 9.98. The van der Waals surface area contributed by atoms with Crippen LogP contribution in [0.4, 0.5) is 5.69 Å². The molecule has 0 fully saturated rings. The van der Waals surface area contributed by atoms with Gasteiger partial charge in [-0.15, -0.1) is 0 Å². The van der Waals surface area contributed by atoms with E-state index in [1.165, 1.54) is 11.3 Å². The molecule has 0 aliphatic carbocycles. The third kappa shape index (κ3) is 4.52. The Morgan fingerprint density at radius 2 is 1.97 bits per heavy atom. The molecule has 0 radical (unpaired) electrons. The van der Waals surface area contributed by atoms with Crippen LogP contribution >= 0.6 is 0 Å². The van der Waals surface area contributed by atoms with Crippen LogP contribution in [0.2, 0.25) is 0 Å². The number of carbonyl (C=O) groups is 1. The van der Waals surface area contributed by atoms with E-state index >= 15 is 0 Å². The Morgan fingerprint density at radius 1 is 1.19 bits per heavy atom. The number of benzene rings is 2. The number of sulfonamides is 1. The van der Waals surface area contributed by atoms with Crippen molar-refractivity contribution in [3.63, 3.8) is 0 Å². The first kappa shape index (κ1) is 21.6. The predicted octanol–water partition coefficient (Wildman–Crippen LogP) is 4.04. The van der Waals surface area contributed by atoms with Crippen molar-refractivity contribution < 1.29 is 22.4 Å². The molecule has 1 aliphatic heterocycles. The number of furan rings is 1. The lowest BCUT2D eigenvalue weighted by Gasteiger charge is -2.21. The van der Waals surface area contributed by atoms with Crippen LogP contribution in [0.25, 0.3) is 0 Å². The molecule has 1 aliphatic rings. The summed E-state index contributed by atoms with van der Waals surface area (Å²) in [6, 6.07) is 17.4. The van der Waals surface area contributed by atoms with Crippen LogP contribution in [0, 0.1) is 0 Å². The van der Waals surface area contributed by atoms with Crippen molar-refractivity contribution in [3.05, 3.63) is 83.8 Å². The Morgan fingerprint density at radius 3 is 2.62 bits per heavy atom. The normalized spacial score (nSPS) is 16.0. The Balaban J connectivity index is 1.65. The molecule has 32 heavy (non-hydrogen) atoms. The molecule has 166 valence electrons. The second kappa shape index (κ2) is 8.88. The molecular weight excluding hydrogens is 430 g/mol. The monoisotopic (exact) mass is 453 g/mol. The number of nitrogens with one attached hydrogen (secondary N) is 1. The maximum atomic E-state index is 13.1. The van der Waals surface area contributed by atoms with Crippen LogP contribution < -0.4 is 9.46 Å². The van der Waals surface area contributed by atoms with E-state index in [1.54, 1.807) is 50.4 Å². The fourth-order valence-corrected chi connectivity index (χ4v) is 4.12. The first-order valence-corrected chi connectivity index (χ1v) is 11.7. The van der Waals surface area contributed by atoms with E-state index in [-0.39, 0.29) is 23.5 Å². The molecule has 4 rings (SSSR count). The molecule has 0 saturated carbocycles. The summed E-state index contributed by atoms with van der Waals surface area (Å²) in [6.45, 7) is 1.58. The quantitative estimate of drug-likeness (QED) is 0.582. The van der Waals surface area contributed by atoms with E-state index < -0.39 is 10.0 Å². The van der Waals surface area contributed by atoms with Gasteiger partial charge in [0, 0.05) is 12.1 Å². The fourth-order valence-electron chi connectivity index (χ4n) is 3.48. The number of ether oxygens (including phenoxy) is 1. The van der Waals surface area contributed by atoms with Crippen molar-refractivity contribution >= 4 is 27.3 Å². The number of hydrazone groups is 1. The summed E-state index contributed by atoms with van der Waals surface area (Å²) in [5, 5.41) is 6.04. The summed E-state index contributed by atoms with van der Waals surface area (Å²) >= 11 is 0. The van der Waals surface area contributed by atoms with E-state index in [0.717, 1.165) is 11.1 Å². The van der Waals surface area contributed by atoms with Crippen LogP contribution in [0.5, 0.6) is 5.75 Å². The van der Waals surface area contributed by atoms with E-state index in [0.29, 0.717) is 23.6 Å². The zero-order chi connectivity index (χ0) is 22.7. The molecule has 1 atom stereocenters. The Bertz CT molecular complexity index is 1230. The number of methoxy groups -OCH3 is 1. The van der Waals surface area contributed by atoms with E-state index in [1.807, 2.05) is 24.3 Å². The predicted molar refractivity (Wildman–Crippen MR) is 121 cm³/mol. The maximum Gasteiger partial charge on any atom is 0.310 e. The highest BCUT2D eigenvalue weighted by molar-refractivity contribution is 7.92. The number of nitrogens with zero attached hydrogens (tertiary/aromatic N) is 2. The molecule has 0 saturated heterocycles. The average Bonchev–Trinajstić information content (AvgIpc) is 3.50. The largest absolute Gasteiger partial charge is 0.497 e. The van der Waals surface area contributed by atoms with Gasteiger partial charge >= 0.3 is 5.91 Å². The summed E-state index contributed by atoms with van der Waals surface area (Å²) in [6.07, 6.45) is 1.93. The first-order valence-electron chi connectivity index (χ1n) is 10.1. The smallest absolute Gasteiger partial charge is 0.310 e. The first-order chi connectivity index (χ1) is 15.4. The number of hydrogen-bond donors (Lipinski definition) is 1. The van der Waals surface area contributed by atoms with Crippen LogP contribution in [-0.4, -0.2) is 37.9 Å². The van der Waals surface area contributed by atoms with Crippen LogP contribution in [-0.2, 0) is 10.0 Å². The highest BCUT2D eigenvalue weighted by atomic mass is 32.2. The van der Waals surface area contributed by atoms with Crippen molar-refractivity contribution in [2.75, 3.05) is 17.6 Å². The van der Waals surface area contributed by atoms with Gasteiger partial charge in [-0.2, -0.15) is 5.10 Å². The molecule has 0 unspecified atom stereocenters. The SMILES string of the molecule is CCS(=O)(=O)Nc1ccc(C2=NN(C(=O)c3ccco3)[C@@H](c3cccc(OC)c3)C2)cc1. The molecule has 0 spiro atoms. The van der Waals surface area contributed by atoms with Crippen molar-refractivity contribution in [2.24, 2.45) is 5.10 Å². The van der Waals surface area contributed by atoms with Gasteiger partial charge in [0.25, 0.3) is 0 Å². The van der Waals surface area contributed by atoms with Crippen LogP contribution in [0.3, 0.4) is 0 Å². The highest BCUT2D eigenvalue weighted by Crippen LogP contribution is 2.35. The van der Waals surface area contributed by atoms with E-state index in [2.05, 4.69) is 9.82 Å². The summed E-state index contributed by atoms with van der Waals surface area (Å²) < 4.78 is 36.7. The minimum absolute atomic E-state index is 0.00642. The molecule has 2 aromatic carbocycles. The van der Waals surface area contributed by atoms with Gasteiger partial charge in [-0.25, -0.2) is 13.4 Å². The zero-order valence-electron chi connectivity index (χ0n) is 17.7. The number of amides is 1. The highest BCUT2D eigenvalue weighted by Gasteiger charge is 2.35. The van der Waals surface area contributed by atoms with Gasteiger partial charge in [0.1, 0.15) is 5.75 Å². The summed E-state index contributed by atoms with van der Waals surface area (Å²) in [4.78, 5) is 13.1. The molecule has 1 N–H and O–H groups in total. The molecule has 8 nitrogen and oxygen atoms in total. The third-order valence-electron chi connectivity index (χ3n) is 5.20. The van der Waals surface area contributed by atoms with Crippen LogP contribution in [0.15, 0.2) is 76.4 Å². The molecule has 9 heteroatoms. The maximum absolute atomic E-state index is 13.1. The van der Waals surface area contributed by atoms with Gasteiger partial charge in [0.2, 0.25) is 10.0 Å². The van der Waals surface area contributed by atoms with Gasteiger partial charge in [0.15, 0.2) is 5.76 Å². The average molecular weight is 454 g/mol. The van der Waals surface area contributed by atoms with Gasteiger partial charge < -0.3 is 9.15 Å². The fraction of sp³-hybridized carbons (Fsp3) is 0.217. The number of rotatable bonds is 7. The van der Waals surface area contributed by atoms with Gasteiger partial charge in [-0.05, 0) is 54.4 Å². The van der Waals surface area contributed by atoms with Gasteiger partial charge in [-0.1, -0.05) is 24.3 Å². The Hall–Kier alpha value is -3.59. The number of anilines is 1. The summed E-state index contributed by atoms with van der Waals surface area (Å²) in [5.41, 5.74) is 2.87. The van der Waals surface area contributed by atoms with Crippen molar-refractivity contribution in [3.8, 4) is 5.75 Å². The second-order valence-corrected chi connectivity index (χ2v) is 9.26. The molecule has 1 amide bonds. The topological polar surface area (TPSA) is 101 Å². The second-order valence-electron chi connectivity index (χ2n) is 7.25. The van der Waals surface area contributed by atoms with E-state index in [4.69, 9.17) is 9.15 Å². The molecule has 2 heterocycles. The standard InChI is InChI=1S/C23H23N3O5S/c1-3-32(28,29)25-18-11-9-16(10-12-18)20-15-21(17-6-4-7-19(14-17)30-2)26(24-20)23(27)22-8-5-13-31-22/h4-14,21,25H,3,15H2,1-2H3/t21-/m1/s1. The van der Waals surface area contributed by atoms with Crippen molar-refractivity contribution in [2.45, 2.75) is 19.4 Å². The third-order valence-corrected chi connectivity index (χ3v) is 6.51. The number of carbonyl (C=O) groups excluding carboxylic acids is 1. The Labute approximate surface area is 186 Å². The Kier molecular flexibility index (Phi) is 6.00. The van der Waals surface area contributed by atoms with Crippen molar-refractivity contribution in [1.82, 2.24) is 5.01 Å². The molecular formula is C23H23N3O5S. The van der Waals surface area contributed by atoms with Gasteiger partial charge in [-0.3, -0.25) is 9.52 Å². The van der Waals surface area contributed by atoms with Crippen LogP contribution in [0.1, 0.15) is 41.1 Å². The van der Waals surface area contributed by atoms with E-state index in [9.17, 15) is 13.2 Å². The molecule has 0 bridgehead atoms. The van der Waals surface area contributed by atoms with Gasteiger partial charge in [0.05, 0.1) is 30.9 Å². The number of hydrogen-bond acceptors (Lipinski definition) is 6. The zero-order valence-corrected chi connectivity index (χ0v) is 18.5.